The van der Waals surface area contributed by atoms with E-state index in [0.717, 1.165) is 0 Å². The summed E-state index contributed by atoms with van der Waals surface area (Å²) < 4.78 is 0. The van der Waals surface area contributed by atoms with Gasteiger partial charge >= 0.3 is 5.97 Å². The quantitative estimate of drug-likeness (QED) is 0.849. The van der Waals surface area contributed by atoms with E-state index < -0.39 is 11.3 Å². The second-order valence-corrected chi connectivity index (χ2v) is 2.55. The Bertz CT molecular complexity index is 250. The summed E-state index contributed by atoms with van der Waals surface area (Å²) in [5.41, 5.74) is 0.613. The van der Waals surface area contributed by atoms with Gasteiger partial charge in [0.05, 0.1) is 0 Å². The third-order valence-corrected chi connectivity index (χ3v) is 1.75. The molecule has 12 heavy (non-hydrogen) atoms. The number of carboxylic acid groups (broad SMARTS) is 1. The molecule has 1 unspecified atom stereocenters. The van der Waals surface area contributed by atoms with Crippen LogP contribution in [-0.2, 0) is 4.79 Å². The molecule has 2 nitrogen and oxygen atoms in total. The predicted molar refractivity (Wildman–Crippen MR) is 42.7 cm³/mol. The van der Waals surface area contributed by atoms with Crippen LogP contribution < -0.4 is 0 Å². The van der Waals surface area contributed by atoms with Gasteiger partial charge < -0.3 is 5.11 Å². The molecule has 0 amide bonds. The summed E-state index contributed by atoms with van der Waals surface area (Å²) in [5, 5.41) is 7.57. The molecule has 0 heterocycles. The van der Waals surface area contributed by atoms with E-state index in [2.05, 4.69) is 0 Å². The van der Waals surface area contributed by atoms with Crippen molar-refractivity contribution in [3.8, 4) is 0 Å². The number of hydrogen-bond donors (Lipinski definition) is 1. The maximum atomic E-state index is 10.4. The molecule has 0 aromatic heterocycles. The Balaban J connectivity index is 0.00000121. The third kappa shape index (κ3) is 3.38. The van der Waals surface area contributed by atoms with Crippen LogP contribution in [-0.4, -0.2) is 11.1 Å². The Labute approximate surface area is 109 Å². The molecule has 0 spiro atoms. The summed E-state index contributed by atoms with van der Waals surface area (Å²) in [4.78, 5) is 10.4. The van der Waals surface area contributed by atoms with Crippen molar-refractivity contribution in [3.05, 3.63) is 35.9 Å². The van der Waals surface area contributed by atoms with Crippen LogP contribution in [0.2, 0.25) is 0 Å². The second kappa shape index (κ2) is 5.90. The van der Waals surface area contributed by atoms with E-state index in [9.17, 15) is 4.79 Å². The average molecular weight is 312 g/mol. The zero-order valence-corrected chi connectivity index (χ0v) is 10.7. The summed E-state index contributed by atoms with van der Waals surface area (Å²) in [7, 11) is 0. The Kier molecular flexibility index (Phi) is 6.07. The van der Waals surface area contributed by atoms with Crippen molar-refractivity contribution in [2.75, 3.05) is 0 Å². The van der Waals surface area contributed by atoms with Crippen molar-refractivity contribution >= 4 is 17.6 Å². The maximum absolute atomic E-state index is 10.4. The predicted octanol–water partition coefficient (Wildman–Crippen LogP) is 2.05. The van der Waals surface area contributed by atoms with Crippen molar-refractivity contribution < 1.29 is 51.2 Å². The molecule has 1 N–H and O–H groups in total. The fraction of sp³-hybridized carbons (Fsp3) is 0.125. The molecule has 0 aliphatic carbocycles. The minimum Gasteiger partial charge on any atom is -0.480 e. The summed E-state index contributed by atoms with van der Waals surface area (Å²) in [6.45, 7) is 0. The Morgan fingerprint density at radius 1 is 1.33 bits per heavy atom. The van der Waals surface area contributed by atoms with Crippen molar-refractivity contribution in [1.29, 1.82) is 0 Å². The number of carboxylic acids is 1. The van der Waals surface area contributed by atoms with Gasteiger partial charge in [0, 0.05) is 41.3 Å². The summed E-state index contributed by atoms with van der Waals surface area (Å²) >= 11 is 5.54. The van der Waals surface area contributed by atoms with E-state index in [1.165, 1.54) is 0 Å². The number of rotatable bonds is 2. The van der Waals surface area contributed by atoms with Crippen molar-refractivity contribution in [2.24, 2.45) is 0 Å². The number of aliphatic carboxylic acids is 1. The van der Waals surface area contributed by atoms with Crippen LogP contribution in [0.4, 0.5) is 0 Å². The Morgan fingerprint density at radius 2 is 1.83 bits per heavy atom. The fourth-order valence-electron chi connectivity index (χ4n) is 0.765. The minimum atomic E-state index is -1.02. The van der Waals surface area contributed by atoms with Gasteiger partial charge in [0.2, 0.25) is 0 Å². The van der Waals surface area contributed by atoms with E-state index >= 15 is 0 Å². The molecule has 0 saturated heterocycles. The van der Waals surface area contributed by atoms with Crippen molar-refractivity contribution in [1.82, 2.24) is 0 Å². The molecule has 1 radical (unpaired) electrons. The largest absolute Gasteiger partial charge is 0.480 e. The standard InChI is InChI=1S/C8H7ClO2.Pr/c9-7(8(10)11)6-4-2-1-3-5-6;/h1-5,7H,(H,10,11);. The number of alkyl halides is 1. The third-order valence-electron chi connectivity index (χ3n) is 1.31. The number of carbonyl (C=O) groups is 1. The van der Waals surface area contributed by atoms with Crippen LogP contribution in [0.1, 0.15) is 10.9 Å². The van der Waals surface area contributed by atoms with Gasteiger partial charge in [-0.2, -0.15) is 0 Å². The molecule has 0 saturated carbocycles. The van der Waals surface area contributed by atoms with Gasteiger partial charge in [0.25, 0.3) is 0 Å². The molecular formula is C8H7ClO2Pr. The average Bonchev–Trinajstić information content (AvgIpc) is 2.05. The smallest absolute Gasteiger partial charge is 0.326 e. The van der Waals surface area contributed by atoms with Crippen LogP contribution in [0.3, 0.4) is 0 Å². The monoisotopic (exact) mass is 311 g/mol. The van der Waals surface area contributed by atoms with E-state index in [-0.39, 0.29) is 41.3 Å². The van der Waals surface area contributed by atoms with Crippen molar-refractivity contribution in [3.63, 3.8) is 0 Å². The van der Waals surface area contributed by atoms with E-state index in [4.69, 9.17) is 16.7 Å². The number of benzene rings is 1. The van der Waals surface area contributed by atoms with Gasteiger partial charge in [0.1, 0.15) is 0 Å². The maximum Gasteiger partial charge on any atom is 0.326 e. The molecule has 61 valence electrons. The number of halogens is 1. The molecule has 1 aromatic carbocycles. The van der Waals surface area contributed by atoms with Crippen LogP contribution >= 0.6 is 11.6 Å². The molecule has 1 aromatic rings. The molecule has 0 aliphatic rings. The second-order valence-electron chi connectivity index (χ2n) is 2.11. The zero-order valence-electron chi connectivity index (χ0n) is 6.27. The zero-order chi connectivity index (χ0) is 8.27. The van der Waals surface area contributed by atoms with Crippen LogP contribution in [0.25, 0.3) is 0 Å². The normalized spacial score (nSPS) is 11.4. The van der Waals surface area contributed by atoms with Crippen molar-refractivity contribution in [2.45, 2.75) is 5.38 Å². The first-order valence-electron chi connectivity index (χ1n) is 3.13. The van der Waals surface area contributed by atoms with Crippen LogP contribution in [0.15, 0.2) is 30.3 Å². The first kappa shape index (κ1) is 12.3. The molecule has 4 heteroatoms. The van der Waals surface area contributed by atoms with E-state index in [0.29, 0.717) is 5.56 Å². The number of hydrogen-bond acceptors (Lipinski definition) is 1. The Hall–Kier alpha value is 0.344. The summed E-state index contributed by atoms with van der Waals surface area (Å²) in [6, 6.07) is 8.70. The minimum absolute atomic E-state index is 0. The topological polar surface area (TPSA) is 37.3 Å². The van der Waals surface area contributed by atoms with E-state index in [1.807, 2.05) is 6.07 Å². The van der Waals surface area contributed by atoms with Gasteiger partial charge in [0.15, 0.2) is 5.38 Å². The van der Waals surface area contributed by atoms with Gasteiger partial charge in [-0.05, 0) is 5.56 Å². The molecule has 1 atom stereocenters. The van der Waals surface area contributed by atoms with Gasteiger partial charge in [-0.15, -0.1) is 11.6 Å². The summed E-state index contributed by atoms with van der Waals surface area (Å²) in [5.74, 6) is -1.02. The van der Waals surface area contributed by atoms with Crippen LogP contribution in [0.5, 0.6) is 0 Å². The fourth-order valence-corrected chi connectivity index (χ4v) is 0.910. The van der Waals surface area contributed by atoms with Gasteiger partial charge in [-0.1, -0.05) is 30.3 Å². The Morgan fingerprint density at radius 3 is 2.25 bits per heavy atom. The first-order valence-corrected chi connectivity index (χ1v) is 3.57. The molecule has 0 aliphatic heterocycles. The van der Waals surface area contributed by atoms with Gasteiger partial charge in [-0.25, -0.2) is 0 Å². The SMILES string of the molecule is O=C(O)C(Cl)c1ccccc1.[Pr]. The molecule has 0 bridgehead atoms. The van der Waals surface area contributed by atoms with Crippen LogP contribution in [0, 0.1) is 41.3 Å². The van der Waals surface area contributed by atoms with Gasteiger partial charge in [-0.3, -0.25) is 4.79 Å². The van der Waals surface area contributed by atoms with E-state index in [1.54, 1.807) is 24.3 Å². The molecule has 0 fully saturated rings. The molecule has 1 rings (SSSR count). The summed E-state index contributed by atoms with van der Waals surface area (Å²) in [6.07, 6.45) is 0. The first-order chi connectivity index (χ1) is 5.22. The molecular weight excluding hydrogens is 304 g/mol.